The molecule has 0 aliphatic rings. The first kappa shape index (κ1) is 14.7. The number of hydrogen-bond acceptors (Lipinski definition) is 6. The van der Waals surface area contributed by atoms with Crippen LogP contribution in [0.5, 0.6) is 0 Å². The van der Waals surface area contributed by atoms with E-state index in [2.05, 4.69) is 25.3 Å². The zero-order valence-electron chi connectivity index (χ0n) is 12.5. The molecule has 0 atom stereocenters. The molecule has 116 valence electrons. The summed E-state index contributed by atoms with van der Waals surface area (Å²) >= 11 is 0. The van der Waals surface area contributed by atoms with Crippen LogP contribution in [0.1, 0.15) is 16.1 Å². The first-order valence-corrected chi connectivity index (χ1v) is 7.02. The van der Waals surface area contributed by atoms with Crippen LogP contribution in [0.3, 0.4) is 0 Å². The van der Waals surface area contributed by atoms with Gasteiger partial charge in [0.05, 0.1) is 12.8 Å². The summed E-state index contributed by atoms with van der Waals surface area (Å²) in [6, 6.07) is 13.1. The number of rotatable bonds is 5. The molecule has 7 heteroatoms. The van der Waals surface area contributed by atoms with Gasteiger partial charge in [0.25, 0.3) is 0 Å². The van der Waals surface area contributed by atoms with Crippen molar-refractivity contribution in [3.63, 3.8) is 0 Å². The Morgan fingerprint density at radius 1 is 1.17 bits per heavy atom. The molecule has 0 saturated heterocycles. The minimum absolute atomic E-state index is 0.176. The Kier molecular flexibility index (Phi) is 4.28. The van der Waals surface area contributed by atoms with Crippen LogP contribution in [-0.4, -0.2) is 33.1 Å². The molecule has 0 fully saturated rings. The molecule has 1 N–H and O–H groups in total. The average molecular weight is 309 g/mol. The summed E-state index contributed by atoms with van der Waals surface area (Å²) in [5.74, 6) is 0.0704. The minimum atomic E-state index is -0.506. The maximum atomic E-state index is 11.3. The summed E-state index contributed by atoms with van der Waals surface area (Å²) in [6.07, 6.45) is 3.63. The van der Waals surface area contributed by atoms with Gasteiger partial charge in [0.15, 0.2) is 5.69 Å². The van der Waals surface area contributed by atoms with E-state index in [4.69, 9.17) is 0 Å². The van der Waals surface area contributed by atoms with Gasteiger partial charge in [0, 0.05) is 18.9 Å². The van der Waals surface area contributed by atoms with Gasteiger partial charge in [-0.05, 0) is 29.8 Å². The number of carbonyl (C=O) groups is 1. The Morgan fingerprint density at radius 2 is 2.04 bits per heavy atom. The second-order valence-electron chi connectivity index (χ2n) is 4.73. The summed E-state index contributed by atoms with van der Waals surface area (Å²) < 4.78 is 6.40. The van der Waals surface area contributed by atoms with Crippen molar-refractivity contribution in [2.24, 2.45) is 0 Å². The van der Waals surface area contributed by atoms with Gasteiger partial charge < -0.3 is 10.1 Å². The summed E-state index contributed by atoms with van der Waals surface area (Å²) in [5.41, 5.74) is 2.23. The zero-order valence-corrected chi connectivity index (χ0v) is 12.5. The van der Waals surface area contributed by atoms with Crippen LogP contribution in [0.25, 0.3) is 5.69 Å². The highest BCUT2D eigenvalue weighted by Crippen LogP contribution is 2.15. The van der Waals surface area contributed by atoms with Crippen molar-refractivity contribution in [2.75, 3.05) is 12.4 Å². The number of carbonyl (C=O) groups excluding carboxylic acids is 1. The fraction of sp³-hybridized carbons (Fsp3) is 0.125. The first-order valence-electron chi connectivity index (χ1n) is 7.02. The van der Waals surface area contributed by atoms with Crippen LogP contribution in [0.2, 0.25) is 0 Å². The monoisotopic (exact) mass is 309 g/mol. The summed E-state index contributed by atoms with van der Waals surface area (Å²) in [5, 5.41) is 15.2. The Balaban J connectivity index is 1.73. The van der Waals surface area contributed by atoms with Gasteiger partial charge in [0.2, 0.25) is 0 Å². The highest BCUT2D eigenvalue weighted by atomic mass is 16.5. The largest absolute Gasteiger partial charge is 0.464 e. The summed E-state index contributed by atoms with van der Waals surface area (Å²) in [6.45, 7) is 0.558. The van der Waals surface area contributed by atoms with Crippen LogP contribution >= 0.6 is 0 Å². The molecule has 1 aromatic carbocycles. The van der Waals surface area contributed by atoms with E-state index in [1.807, 2.05) is 41.2 Å². The Bertz CT molecular complexity index is 784. The molecule has 3 rings (SSSR count). The standard InChI is InChI=1S/C16H15N5O2/c1-23-16(22)13-7-8-15(20-19-13)17-11-12-5-2-3-6-14(12)21-10-4-9-18-21/h2-10H,11H2,1H3,(H,17,20). The van der Waals surface area contributed by atoms with Gasteiger partial charge in [-0.3, -0.25) is 0 Å². The van der Waals surface area contributed by atoms with Gasteiger partial charge in [-0.15, -0.1) is 10.2 Å². The Morgan fingerprint density at radius 3 is 2.74 bits per heavy atom. The van der Waals surface area contributed by atoms with Crippen molar-refractivity contribution in [3.8, 4) is 5.69 Å². The van der Waals surface area contributed by atoms with E-state index in [0.29, 0.717) is 12.4 Å². The topological polar surface area (TPSA) is 81.9 Å². The molecule has 23 heavy (non-hydrogen) atoms. The maximum absolute atomic E-state index is 11.3. The fourth-order valence-corrected chi connectivity index (χ4v) is 2.12. The molecule has 0 aliphatic carbocycles. The predicted octanol–water partition coefficient (Wildman–Crippen LogP) is 2.06. The number of aromatic nitrogens is 4. The van der Waals surface area contributed by atoms with Crippen molar-refractivity contribution in [3.05, 3.63) is 66.1 Å². The van der Waals surface area contributed by atoms with Crippen LogP contribution in [0, 0.1) is 0 Å². The molecule has 0 unspecified atom stereocenters. The van der Waals surface area contributed by atoms with Crippen molar-refractivity contribution in [1.82, 2.24) is 20.0 Å². The number of nitrogens with one attached hydrogen (secondary N) is 1. The van der Waals surface area contributed by atoms with E-state index in [-0.39, 0.29) is 5.69 Å². The van der Waals surface area contributed by atoms with Crippen molar-refractivity contribution < 1.29 is 9.53 Å². The highest BCUT2D eigenvalue weighted by Gasteiger charge is 2.08. The lowest BCUT2D eigenvalue weighted by Crippen LogP contribution is -2.09. The third kappa shape index (κ3) is 3.34. The summed E-state index contributed by atoms with van der Waals surface area (Å²) in [4.78, 5) is 11.3. The minimum Gasteiger partial charge on any atom is -0.464 e. The Hall–Kier alpha value is -3.22. The van der Waals surface area contributed by atoms with E-state index < -0.39 is 5.97 Å². The molecule has 7 nitrogen and oxygen atoms in total. The smallest absolute Gasteiger partial charge is 0.358 e. The second-order valence-corrected chi connectivity index (χ2v) is 4.73. The highest BCUT2D eigenvalue weighted by molar-refractivity contribution is 5.86. The van der Waals surface area contributed by atoms with Crippen molar-refractivity contribution >= 4 is 11.8 Å². The van der Waals surface area contributed by atoms with Gasteiger partial charge in [-0.2, -0.15) is 5.10 Å². The normalized spacial score (nSPS) is 10.3. The Labute approximate surface area is 132 Å². The SMILES string of the molecule is COC(=O)c1ccc(NCc2ccccc2-n2cccn2)nn1. The molecular formula is C16H15N5O2. The molecule has 0 saturated carbocycles. The van der Waals surface area contributed by atoms with Crippen LogP contribution < -0.4 is 5.32 Å². The second kappa shape index (κ2) is 6.69. The molecule has 0 radical (unpaired) electrons. The molecule has 3 aromatic rings. The predicted molar refractivity (Wildman–Crippen MR) is 84.3 cm³/mol. The molecule has 0 aliphatic heterocycles. The number of benzene rings is 1. The van der Waals surface area contributed by atoms with E-state index >= 15 is 0 Å². The molecule has 0 bridgehead atoms. The van der Waals surface area contributed by atoms with Crippen molar-refractivity contribution in [1.29, 1.82) is 0 Å². The van der Waals surface area contributed by atoms with E-state index in [0.717, 1.165) is 11.3 Å². The lowest BCUT2D eigenvalue weighted by Gasteiger charge is -2.10. The number of ether oxygens (including phenoxy) is 1. The van der Waals surface area contributed by atoms with Gasteiger partial charge >= 0.3 is 5.97 Å². The first-order chi connectivity index (χ1) is 11.3. The van der Waals surface area contributed by atoms with Gasteiger partial charge in [-0.1, -0.05) is 18.2 Å². The van der Waals surface area contributed by atoms with Crippen LogP contribution in [0.4, 0.5) is 5.82 Å². The van der Waals surface area contributed by atoms with Crippen LogP contribution in [-0.2, 0) is 11.3 Å². The summed E-state index contributed by atoms with van der Waals surface area (Å²) in [7, 11) is 1.31. The number of nitrogens with zero attached hydrogens (tertiary/aromatic N) is 4. The van der Waals surface area contributed by atoms with Gasteiger partial charge in [-0.25, -0.2) is 9.48 Å². The number of hydrogen-bond donors (Lipinski definition) is 1. The van der Waals surface area contributed by atoms with E-state index in [1.165, 1.54) is 7.11 Å². The third-order valence-corrected chi connectivity index (χ3v) is 3.26. The molecular weight excluding hydrogens is 294 g/mol. The number of methoxy groups -OCH3 is 1. The van der Waals surface area contributed by atoms with Crippen LogP contribution in [0.15, 0.2) is 54.9 Å². The maximum Gasteiger partial charge on any atom is 0.358 e. The molecule has 0 spiro atoms. The molecule has 2 aromatic heterocycles. The number of para-hydroxylation sites is 1. The number of esters is 1. The fourth-order valence-electron chi connectivity index (χ4n) is 2.12. The molecule has 2 heterocycles. The zero-order chi connectivity index (χ0) is 16.1. The molecule has 0 amide bonds. The number of anilines is 1. The van der Waals surface area contributed by atoms with E-state index in [1.54, 1.807) is 18.3 Å². The van der Waals surface area contributed by atoms with Crippen molar-refractivity contribution in [2.45, 2.75) is 6.54 Å². The van der Waals surface area contributed by atoms with E-state index in [9.17, 15) is 4.79 Å². The van der Waals surface area contributed by atoms with Gasteiger partial charge in [0.1, 0.15) is 5.82 Å². The quantitative estimate of drug-likeness (QED) is 0.727. The average Bonchev–Trinajstić information content (AvgIpc) is 3.14. The third-order valence-electron chi connectivity index (χ3n) is 3.26. The lowest BCUT2D eigenvalue weighted by molar-refractivity contribution is 0.0593. The lowest BCUT2D eigenvalue weighted by atomic mass is 10.2.